The Balaban J connectivity index is 2.44. The van der Waals surface area contributed by atoms with Gasteiger partial charge in [0.05, 0.1) is 6.26 Å². The molecular formula is C11H12O6. The first kappa shape index (κ1) is 12.0. The molecule has 4 atom stereocenters. The van der Waals surface area contributed by atoms with Crippen LogP contribution >= 0.6 is 0 Å². The molecule has 2 rings (SSSR count). The monoisotopic (exact) mass is 240 g/mol. The molecular weight excluding hydrogens is 228 g/mol. The molecule has 0 aromatic carbocycles. The summed E-state index contributed by atoms with van der Waals surface area (Å²) in [6.07, 6.45) is -3.44. The van der Waals surface area contributed by atoms with Crippen molar-refractivity contribution in [1.29, 1.82) is 0 Å². The molecule has 1 aliphatic carbocycles. The van der Waals surface area contributed by atoms with Gasteiger partial charge in [-0.1, -0.05) is 0 Å². The van der Waals surface area contributed by atoms with Crippen molar-refractivity contribution in [2.75, 3.05) is 0 Å². The van der Waals surface area contributed by atoms with Gasteiger partial charge in [0.15, 0.2) is 5.43 Å². The molecule has 0 unspecified atom stereocenters. The number of aliphatic hydroxyl groups excluding tert-OH is 4. The van der Waals surface area contributed by atoms with E-state index in [0.29, 0.717) is 0 Å². The van der Waals surface area contributed by atoms with Gasteiger partial charge in [0.25, 0.3) is 0 Å². The van der Waals surface area contributed by atoms with Crippen LogP contribution in [0.4, 0.5) is 0 Å². The second kappa shape index (κ2) is 4.42. The predicted octanol–water partition coefficient (Wildman–Crippen LogP) is -1.52. The van der Waals surface area contributed by atoms with Crippen LogP contribution < -0.4 is 5.43 Å². The molecule has 4 N–H and O–H groups in total. The third kappa shape index (κ3) is 2.16. The molecule has 0 amide bonds. The predicted molar refractivity (Wildman–Crippen MR) is 57.0 cm³/mol. The molecule has 0 aliphatic heterocycles. The Bertz CT molecular complexity index is 491. The van der Waals surface area contributed by atoms with Crippen LogP contribution in [0.15, 0.2) is 33.7 Å². The zero-order valence-electron chi connectivity index (χ0n) is 8.72. The van der Waals surface area contributed by atoms with Crippen LogP contribution in [0.3, 0.4) is 0 Å². The Morgan fingerprint density at radius 3 is 2.47 bits per heavy atom. The zero-order chi connectivity index (χ0) is 12.6. The lowest BCUT2D eigenvalue weighted by molar-refractivity contribution is -0.0850. The number of rotatable bonds is 1. The Hall–Kier alpha value is -1.47. The fourth-order valence-electron chi connectivity index (χ4n) is 1.72. The zero-order valence-corrected chi connectivity index (χ0v) is 8.72. The topological polar surface area (TPSA) is 111 Å². The van der Waals surface area contributed by atoms with E-state index >= 15 is 0 Å². The van der Waals surface area contributed by atoms with E-state index in [1.807, 2.05) is 0 Å². The molecule has 1 heterocycles. The van der Waals surface area contributed by atoms with Crippen molar-refractivity contribution in [3.63, 3.8) is 0 Å². The highest BCUT2D eigenvalue weighted by Gasteiger charge is 2.37. The van der Waals surface area contributed by atoms with Crippen molar-refractivity contribution >= 4 is 5.57 Å². The van der Waals surface area contributed by atoms with Crippen LogP contribution in [-0.4, -0.2) is 44.8 Å². The highest BCUT2D eigenvalue weighted by atomic mass is 16.4. The summed E-state index contributed by atoms with van der Waals surface area (Å²) in [5, 5.41) is 38.0. The number of hydrogen-bond donors (Lipinski definition) is 4. The summed E-state index contributed by atoms with van der Waals surface area (Å²) in [6, 6.07) is 2.33. The Kier molecular flexibility index (Phi) is 3.12. The summed E-state index contributed by atoms with van der Waals surface area (Å²) in [7, 11) is 0. The van der Waals surface area contributed by atoms with Gasteiger partial charge in [-0.3, -0.25) is 4.79 Å². The van der Waals surface area contributed by atoms with Crippen LogP contribution in [0.2, 0.25) is 0 Å². The summed E-state index contributed by atoms with van der Waals surface area (Å²) in [6.45, 7) is 0. The largest absolute Gasteiger partial charge is 0.464 e. The van der Waals surface area contributed by atoms with Gasteiger partial charge in [-0.2, -0.15) is 0 Å². The molecule has 0 spiro atoms. The maximum absolute atomic E-state index is 11.1. The smallest absolute Gasteiger partial charge is 0.185 e. The highest BCUT2D eigenvalue weighted by molar-refractivity contribution is 5.67. The summed E-state index contributed by atoms with van der Waals surface area (Å²) in [5.41, 5.74) is -0.248. The average molecular weight is 240 g/mol. The van der Waals surface area contributed by atoms with Crippen LogP contribution in [0.1, 0.15) is 5.76 Å². The van der Waals surface area contributed by atoms with E-state index in [1.54, 1.807) is 0 Å². The highest BCUT2D eigenvalue weighted by Crippen LogP contribution is 2.27. The molecule has 0 bridgehead atoms. The summed E-state index contributed by atoms with van der Waals surface area (Å²) in [5.74, 6) is 0.0509. The first-order valence-electron chi connectivity index (χ1n) is 5.04. The molecule has 92 valence electrons. The third-order valence-corrected chi connectivity index (χ3v) is 2.68. The van der Waals surface area contributed by atoms with E-state index in [2.05, 4.69) is 0 Å². The maximum Gasteiger partial charge on any atom is 0.185 e. The van der Waals surface area contributed by atoms with Gasteiger partial charge in [-0.05, 0) is 6.08 Å². The molecule has 0 saturated heterocycles. The number of hydrogen-bond acceptors (Lipinski definition) is 6. The summed E-state index contributed by atoms with van der Waals surface area (Å²) in [4.78, 5) is 11.1. The molecule has 0 radical (unpaired) electrons. The minimum Gasteiger partial charge on any atom is -0.464 e. The second-order valence-electron chi connectivity index (χ2n) is 3.87. The second-order valence-corrected chi connectivity index (χ2v) is 3.87. The SMILES string of the molecule is O=c1ccoc(C2=C[C@@H](O)[C@H](O)[C@H](O)[C@@H]2O)c1. The van der Waals surface area contributed by atoms with E-state index in [9.17, 15) is 25.2 Å². The van der Waals surface area contributed by atoms with Crippen molar-refractivity contribution in [1.82, 2.24) is 0 Å². The molecule has 0 fully saturated rings. The Morgan fingerprint density at radius 1 is 1.12 bits per heavy atom. The molecule has 1 aromatic rings. The third-order valence-electron chi connectivity index (χ3n) is 2.68. The lowest BCUT2D eigenvalue weighted by Gasteiger charge is -2.31. The minimum atomic E-state index is -1.53. The van der Waals surface area contributed by atoms with Crippen molar-refractivity contribution in [3.05, 3.63) is 40.5 Å². The van der Waals surface area contributed by atoms with Gasteiger partial charge >= 0.3 is 0 Å². The van der Waals surface area contributed by atoms with E-state index in [0.717, 1.165) is 18.4 Å². The molecule has 0 saturated carbocycles. The van der Waals surface area contributed by atoms with E-state index in [1.165, 1.54) is 6.07 Å². The lowest BCUT2D eigenvalue weighted by Crippen LogP contribution is -2.47. The number of aliphatic hydroxyl groups is 4. The fraction of sp³-hybridized carbons (Fsp3) is 0.364. The summed E-state index contributed by atoms with van der Waals surface area (Å²) >= 11 is 0. The standard InChI is InChI=1S/C11H12O6/c12-5-1-2-17-8(3-5)6-4-7(13)10(15)11(16)9(6)14/h1-4,7,9-11,13-16H/t7-,9-,10+,11-/m1/s1. The molecule has 1 aliphatic rings. The van der Waals surface area contributed by atoms with E-state index in [-0.39, 0.29) is 16.8 Å². The van der Waals surface area contributed by atoms with Crippen molar-refractivity contribution in [3.8, 4) is 0 Å². The molecule has 6 heteroatoms. The van der Waals surface area contributed by atoms with Crippen molar-refractivity contribution in [2.45, 2.75) is 24.4 Å². The quantitative estimate of drug-likeness (QED) is 0.474. The van der Waals surface area contributed by atoms with Gasteiger partial charge in [-0.15, -0.1) is 0 Å². The normalized spacial score (nSPS) is 33.3. The van der Waals surface area contributed by atoms with Crippen molar-refractivity contribution < 1.29 is 24.8 Å². The van der Waals surface area contributed by atoms with Gasteiger partial charge in [0, 0.05) is 17.7 Å². The van der Waals surface area contributed by atoms with Gasteiger partial charge in [0.2, 0.25) is 0 Å². The van der Waals surface area contributed by atoms with Crippen LogP contribution in [-0.2, 0) is 0 Å². The van der Waals surface area contributed by atoms with Gasteiger partial charge in [-0.25, -0.2) is 0 Å². The first-order valence-corrected chi connectivity index (χ1v) is 5.04. The summed E-state index contributed by atoms with van der Waals surface area (Å²) < 4.78 is 5.02. The van der Waals surface area contributed by atoms with Crippen LogP contribution in [0, 0.1) is 0 Å². The maximum atomic E-state index is 11.1. The van der Waals surface area contributed by atoms with E-state index < -0.39 is 24.4 Å². The molecule has 17 heavy (non-hydrogen) atoms. The lowest BCUT2D eigenvalue weighted by atomic mass is 9.88. The van der Waals surface area contributed by atoms with Crippen LogP contribution in [0.25, 0.3) is 5.57 Å². The van der Waals surface area contributed by atoms with E-state index in [4.69, 9.17) is 4.42 Å². The Morgan fingerprint density at radius 2 is 1.82 bits per heavy atom. The average Bonchev–Trinajstić information content (AvgIpc) is 2.31. The Labute approximate surface area is 96.1 Å². The van der Waals surface area contributed by atoms with Gasteiger partial charge in [0.1, 0.15) is 30.2 Å². The van der Waals surface area contributed by atoms with Gasteiger partial charge < -0.3 is 24.8 Å². The fourth-order valence-corrected chi connectivity index (χ4v) is 1.72. The minimum absolute atomic E-state index is 0.0509. The first-order chi connectivity index (χ1) is 8.00. The molecule has 1 aromatic heterocycles. The van der Waals surface area contributed by atoms with Crippen molar-refractivity contribution in [2.24, 2.45) is 0 Å². The molecule has 6 nitrogen and oxygen atoms in total. The van der Waals surface area contributed by atoms with Crippen LogP contribution in [0.5, 0.6) is 0 Å².